The van der Waals surface area contributed by atoms with Crippen LogP contribution in [0.2, 0.25) is 0 Å². The highest BCUT2D eigenvalue weighted by Crippen LogP contribution is 2.29. The van der Waals surface area contributed by atoms with Gasteiger partial charge in [-0.3, -0.25) is 4.98 Å². The zero-order chi connectivity index (χ0) is 18.7. The minimum atomic E-state index is -3.50. The number of benzene rings is 2. The summed E-state index contributed by atoms with van der Waals surface area (Å²) in [5.41, 5.74) is 1.99. The lowest BCUT2D eigenvalue weighted by molar-refractivity contribution is -0.113. The van der Waals surface area contributed by atoms with Gasteiger partial charge >= 0.3 is 0 Å². The highest BCUT2D eigenvalue weighted by atomic mass is 32.2. The summed E-state index contributed by atoms with van der Waals surface area (Å²) >= 11 is 0. The normalized spacial score (nSPS) is 17.0. The summed E-state index contributed by atoms with van der Waals surface area (Å²) in [7, 11) is -3.50. The van der Waals surface area contributed by atoms with Crippen molar-refractivity contribution in [3.8, 4) is 0 Å². The molecule has 0 amide bonds. The Morgan fingerprint density at radius 2 is 1.67 bits per heavy atom. The Morgan fingerprint density at radius 3 is 2.37 bits per heavy atom. The van der Waals surface area contributed by atoms with Crippen LogP contribution in [0.15, 0.2) is 101 Å². The Labute approximate surface area is 158 Å². The summed E-state index contributed by atoms with van der Waals surface area (Å²) in [5, 5.41) is 1.83. The van der Waals surface area contributed by atoms with E-state index in [9.17, 15) is 8.42 Å². The molecular weight excluding hydrogens is 360 g/mol. The van der Waals surface area contributed by atoms with Crippen LogP contribution in [0.4, 0.5) is 0 Å². The average molecular weight is 378 g/mol. The third-order valence-electron chi connectivity index (χ3n) is 4.42. The molecule has 5 nitrogen and oxygen atoms in total. The molecule has 1 unspecified atom stereocenters. The first-order valence-corrected chi connectivity index (χ1v) is 10.0. The van der Waals surface area contributed by atoms with Gasteiger partial charge in [-0.05, 0) is 47.5 Å². The van der Waals surface area contributed by atoms with Crippen molar-refractivity contribution < 1.29 is 13.3 Å². The number of pyridine rings is 1. The van der Waals surface area contributed by atoms with E-state index < -0.39 is 9.84 Å². The van der Waals surface area contributed by atoms with Crippen LogP contribution in [0.5, 0.6) is 0 Å². The lowest BCUT2D eigenvalue weighted by Gasteiger charge is -2.22. The molecular formula is C21H18N2O3S. The van der Waals surface area contributed by atoms with Gasteiger partial charge in [0, 0.05) is 12.4 Å². The van der Waals surface area contributed by atoms with E-state index in [1.165, 1.54) is 0 Å². The molecule has 3 aromatic rings. The Morgan fingerprint density at radius 1 is 0.926 bits per heavy atom. The van der Waals surface area contributed by atoms with E-state index in [1.807, 2.05) is 41.6 Å². The molecule has 2 aromatic carbocycles. The molecule has 4 rings (SSSR count). The van der Waals surface area contributed by atoms with Gasteiger partial charge in [0.2, 0.25) is 9.84 Å². The van der Waals surface area contributed by atoms with Crippen LogP contribution in [-0.4, -0.2) is 18.5 Å². The van der Waals surface area contributed by atoms with Crippen LogP contribution in [0.3, 0.4) is 0 Å². The van der Waals surface area contributed by atoms with Gasteiger partial charge in [-0.15, -0.1) is 5.06 Å². The van der Waals surface area contributed by atoms with Crippen LogP contribution in [0.1, 0.15) is 17.2 Å². The first-order chi connectivity index (χ1) is 13.1. The molecule has 0 radical (unpaired) electrons. The van der Waals surface area contributed by atoms with Crippen molar-refractivity contribution in [1.82, 2.24) is 10.0 Å². The van der Waals surface area contributed by atoms with Crippen molar-refractivity contribution in [1.29, 1.82) is 0 Å². The van der Waals surface area contributed by atoms with Gasteiger partial charge in [0.1, 0.15) is 6.26 Å². The Kier molecular flexibility index (Phi) is 4.75. The zero-order valence-electron chi connectivity index (χ0n) is 14.5. The van der Waals surface area contributed by atoms with Gasteiger partial charge in [0.05, 0.1) is 22.4 Å². The second-order valence-electron chi connectivity index (χ2n) is 6.20. The van der Waals surface area contributed by atoms with Crippen LogP contribution < -0.4 is 0 Å². The van der Waals surface area contributed by atoms with Crippen molar-refractivity contribution in [2.45, 2.75) is 22.4 Å². The predicted octanol–water partition coefficient (Wildman–Crippen LogP) is 3.92. The second kappa shape index (κ2) is 7.34. The van der Waals surface area contributed by atoms with Gasteiger partial charge < -0.3 is 4.84 Å². The SMILES string of the molecule is O=S(=O)(c1ccccc1)c1ccc(CN2OC=CC2c2cccnc2)cc1. The number of hydrogen-bond acceptors (Lipinski definition) is 5. The average Bonchev–Trinajstić information content (AvgIpc) is 3.18. The summed E-state index contributed by atoms with van der Waals surface area (Å²) in [5.74, 6) is 0. The number of hydroxylamine groups is 2. The molecule has 0 saturated carbocycles. The van der Waals surface area contributed by atoms with Gasteiger partial charge in [-0.1, -0.05) is 36.4 Å². The minimum absolute atomic E-state index is 0.0218. The van der Waals surface area contributed by atoms with E-state index in [-0.39, 0.29) is 10.9 Å². The fourth-order valence-corrected chi connectivity index (χ4v) is 4.28. The molecule has 6 heteroatoms. The maximum absolute atomic E-state index is 12.7. The Hall–Kier alpha value is -2.96. The summed E-state index contributed by atoms with van der Waals surface area (Å²) < 4.78 is 25.3. The Bertz CT molecular complexity index is 1030. The number of sulfone groups is 1. The van der Waals surface area contributed by atoms with Gasteiger partial charge in [-0.2, -0.15) is 0 Å². The van der Waals surface area contributed by atoms with Crippen molar-refractivity contribution in [3.63, 3.8) is 0 Å². The highest BCUT2D eigenvalue weighted by Gasteiger charge is 2.24. The monoisotopic (exact) mass is 378 g/mol. The maximum Gasteiger partial charge on any atom is 0.206 e. The van der Waals surface area contributed by atoms with Crippen molar-refractivity contribution in [3.05, 3.63) is 103 Å². The summed E-state index contributed by atoms with van der Waals surface area (Å²) in [6.45, 7) is 0.526. The Balaban J connectivity index is 1.52. The number of rotatable bonds is 5. The second-order valence-corrected chi connectivity index (χ2v) is 8.15. The van der Waals surface area contributed by atoms with E-state index in [0.29, 0.717) is 11.4 Å². The topological polar surface area (TPSA) is 59.5 Å². The third-order valence-corrected chi connectivity index (χ3v) is 6.20. The predicted molar refractivity (Wildman–Crippen MR) is 101 cm³/mol. The van der Waals surface area contributed by atoms with E-state index in [1.54, 1.807) is 54.9 Å². The molecule has 0 N–H and O–H groups in total. The minimum Gasteiger partial charge on any atom is -0.413 e. The first kappa shape index (κ1) is 17.5. The van der Waals surface area contributed by atoms with E-state index in [4.69, 9.17) is 4.84 Å². The molecule has 0 spiro atoms. The van der Waals surface area contributed by atoms with Crippen LogP contribution >= 0.6 is 0 Å². The van der Waals surface area contributed by atoms with E-state index in [0.717, 1.165) is 11.1 Å². The molecule has 0 fully saturated rings. The smallest absolute Gasteiger partial charge is 0.206 e. The molecule has 0 saturated heterocycles. The summed E-state index contributed by atoms with van der Waals surface area (Å²) in [4.78, 5) is 10.3. The van der Waals surface area contributed by atoms with Gasteiger partial charge in [0.25, 0.3) is 0 Å². The van der Waals surface area contributed by atoms with Crippen molar-refractivity contribution in [2.75, 3.05) is 0 Å². The highest BCUT2D eigenvalue weighted by molar-refractivity contribution is 7.91. The van der Waals surface area contributed by atoms with Crippen molar-refractivity contribution in [2.24, 2.45) is 0 Å². The van der Waals surface area contributed by atoms with Crippen molar-refractivity contribution >= 4 is 9.84 Å². The molecule has 27 heavy (non-hydrogen) atoms. The molecule has 1 aliphatic rings. The molecule has 0 aliphatic carbocycles. The van der Waals surface area contributed by atoms with Gasteiger partial charge in [0.15, 0.2) is 0 Å². The number of nitrogens with zero attached hydrogens (tertiary/aromatic N) is 2. The number of hydrogen-bond donors (Lipinski definition) is 0. The molecule has 1 atom stereocenters. The first-order valence-electron chi connectivity index (χ1n) is 8.54. The maximum atomic E-state index is 12.7. The van der Waals surface area contributed by atoms with Gasteiger partial charge in [-0.25, -0.2) is 8.42 Å². The molecule has 1 aliphatic heterocycles. The molecule has 136 valence electrons. The molecule has 2 heterocycles. The van der Waals surface area contributed by atoms with Crippen LogP contribution in [-0.2, 0) is 21.2 Å². The fraction of sp³-hybridized carbons (Fsp3) is 0.0952. The third kappa shape index (κ3) is 3.63. The number of aromatic nitrogens is 1. The molecule has 0 bridgehead atoms. The summed E-state index contributed by atoms with van der Waals surface area (Å²) in [6, 6.07) is 19.2. The lowest BCUT2D eigenvalue weighted by Crippen LogP contribution is -2.22. The fourth-order valence-electron chi connectivity index (χ4n) is 3.00. The quantitative estimate of drug-likeness (QED) is 0.674. The zero-order valence-corrected chi connectivity index (χ0v) is 15.3. The molecule has 1 aromatic heterocycles. The summed E-state index contributed by atoms with van der Waals surface area (Å²) in [6.07, 6.45) is 7.17. The largest absolute Gasteiger partial charge is 0.413 e. The standard InChI is InChI=1S/C21H18N2O3S/c24-27(25,19-6-2-1-3-7-19)20-10-8-17(9-11-20)16-23-21(12-14-26-23)18-5-4-13-22-15-18/h1-15,21H,16H2. The van der Waals surface area contributed by atoms with Crippen LogP contribution in [0.25, 0.3) is 0 Å². The van der Waals surface area contributed by atoms with E-state index >= 15 is 0 Å². The van der Waals surface area contributed by atoms with Crippen LogP contribution in [0, 0.1) is 0 Å². The lowest BCUT2D eigenvalue weighted by atomic mass is 10.1. The van der Waals surface area contributed by atoms with E-state index in [2.05, 4.69) is 4.98 Å².